The van der Waals surface area contributed by atoms with Crippen LogP contribution in [0, 0.1) is 12.8 Å². The molecule has 0 heterocycles. The van der Waals surface area contributed by atoms with Gasteiger partial charge in [0.25, 0.3) is 0 Å². The first kappa shape index (κ1) is 14.1. The first-order chi connectivity index (χ1) is 7.84. The van der Waals surface area contributed by atoms with Crippen molar-refractivity contribution in [3.8, 4) is 5.75 Å². The van der Waals surface area contributed by atoms with Crippen molar-refractivity contribution in [2.45, 2.75) is 13.1 Å². The molecule has 0 radical (unpaired) electrons. The Hall–Kier alpha value is -0.940. The summed E-state index contributed by atoms with van der Waals surface area (Å²) in [6.45, 7) is 0.741. The lowest BCUT2D eigenvalue weighted by Gasteiger charge is -2.19. The summed E-state index contributed by atoms with van der Waals surface area (Å²) in [4.78, 5) is 0. The Morgan fingerprint density at radius 2 is 2.06 bits per heavy atom. The fourth-order valence-corrected chi connectivity index (χ4v) is 1.49. The van der Waals surface area contributed by atoms with Crippen LogP contribution in [0.2, 0.25) is 5.02 Å². The van der Waals surface area contributed by atoms with Crippen LogP contribution in [0.25, 0.3) is 0 Å². The van der Waals surface area contributed by atoms with Crippen molar-refractivity contribution in [3.63, 3.8) is 0 Å². The molecule has 0 amide bonds. The van der Waals surface area contributed by atoms with E-state index in [0.29, 0.717) is 16.3 Å². The van der Waals surface area contributed by atoms with Crippen LogP contribution in [0.3, 0.4) is 0 Å². The number of rotatable bonds is 4. The smallest absolute Gasteiger partial charge is 0.396 e. The van der Waals surface area contributed by atoms with Gasteiger partial charge in [-0.1, -0.05) is 11.6 Å². The van der Waals surface area contributed by atoms with E-state index in [4.69, 9.17) is 22.1 Å². The summed E-state index contributed by atoms with van der Waals surface area (Å²) < 4.78 is 42.3. The lowest BCUT2D eigenvalue weighted by Crippen LogP contribution is -2.35. The van der Waals surface area contributed by atoms with E-state index < -0.39 is 25.2 Å². The molecule has 0 aliphatic heterocycles. The summed E-state index contributed by atoms with van der Waals surface area (Å²) in [5, 5.41) is 0.515. The molecule has 0 aliphatic carbocycles. The third-order valence-corrected chi connectivity index (χ3v) is 2.56. The fraction of sp³-hybridized carbons (Fsp3) is 0.455. The third kappa shape index (κ3) is 4.09. The van der Waals surface area contributed by atoms with Crippen LogP contribution in [0.5, 0.6) is 5.75 Å². The minimum Gasteiger partial charge on any atom is -0.493 e. The average Bonchev–Trinajstić information content (AvgIpc) is 2.19. The predicted octanol–water partition coefficient (Wildman–Crippen LogP) is 3.16. The zero-order valence-electron chi connectivity index (χ0n) is 9.22. The summed E-state index contributed by atoms with van der Waals surface area (Å²) in [7, 11) is 0. The molecule has 1 atom stereocenters. The molecule has 0 spiro atoms. The van der Waals surface area contributed by atoms with Crippen molar-refractivity contribution in [2.75, 3.05) is 13.2 Å². The molecular formula is C11H13ClF3NO. The van der Waals surface area contributed by atoms with Crippen LogP contribution < -0.4 is 10.5 Å². The highest BCUT2D eigenvalue weighted by molar-refractivity contribution is 6.30. The van der Waals surface area contributed by atoms with Crippen LogP contribution in [0.4, 0.5) is 13.2 Å². The van der Waals surface area contributed by atoms with Crippen molar-refractivity contribution in [1.82, 2.24) is 0 Å². The summed E-state index contributed by atoms with van der Waals surface area (Å²) in [5.41, 5.74) is 5.75. The van der Waals surface area contributed by atoms with Gasteiger partial charge in [-0.15, -0.1) is 0 Å². The fourth-order valence-electron chi connectivity index (χ4n) is 1.26. The lowest BCUT2D eigenvalue weighted by atomic mass is 10.1. The van der Waals surface area contributed by atoms with Gasteiger partial charge in [0.1, 0.15) is 18.3 Å². The maximum absolute atomic E-state index is 12.4. The quantitative estimate of drug-likeness (QED) is 0.909. The minimum absolute atomic E-state index is 0.386. The Bertz CT molecular complexity index is 381. The summed E-state index contributed by atoms with van der Waals surface area (Å²) in [6.07, 6.45) is -4.34. The van der Waals surface area contributed by atoms with E-state index in [1.54, 1.807) is 25.1 Å². The van der Waals surface area contributed by atoms with Gasteiger partial charge in [0.2, 0.25) is 0 Å². The molecule has 0 fully saturated rings. The van der Waals surface area contributed by atoms with E-state index in [9.17, 15) is 13.2 Å². The summed E-state index contributed by atoms with van der Waals surface area (Å²) in [6, 6.07) is 4.73. The van der Waals surface area contributed by atoms with Gasteiger partial charge in [-0.25, -0.2) is 0 Å². The Balaban J connectivity index is 2.66. The monoisotopic (exact) mass is 267 g/mol. The highest BCUT2D eigenvalue weighted by Crippen LogP contribution is 2.27. The van der Waals surface area contributed by atoms with Crippen LogP contribution in [0.1, 0.15) is 5.56 Å². The van der Waals surface area contributed by atoms with Crippen LogP contribution in [-0.4, -0.2) is 19.3 Å². The minimum atomic E-state index is -4.34. The van der Waals surface area contributed by atoms with E-state index in [-0.39, 0.29) is 0 Å². The van der Waals surface area contributed by atoms with Gasteiger partial charge < -0.3 is 10.5 Å². The molecule has 6 heteroatoms. The molecule has 0 saturated carbocycles. The first-order valence-electron chi connectivity index (χ1n) is 5.00. The molecule has 1 aromatic carbocycles. The largest absolute Gasteiger partial charge is 0.493 e. The number of alkyl halides is 3. The molecule has 1 aromatic rings. The molecule has 0 aliphatic rings. The van der Waals surface area contributed by atoms with Gasteiger partial charge in [-0.05, 0) is 30.7 Å². The lowest BCUT2D eigenvalue weighted by molar-refractivity contribution is -0.178. The molecule has 17 heavy (non-hydrogen) atoms. The number of ether oxygens (including phenoxy) is 1. The Kier molecular flexibility index (Phi) is 4.65. The molecular weight excluding hydrogens is 255 g/mol. The normalized spacial score (nSPS) is 13.5. The number of benzene rings is 1. The molecule has 0 aromatic heterocycles. The molecule has 1 unspecified atom stereocenters. The van der Waals surface area contributed by atoms with Gasteiger partial charge in [0.15, 0.2) is 0 Å². The predicted molar refractivity (Wildman–Crippen MR) is 60.3 cm³/mol. The SMILES string of the molecule is Cc1cc(Cl)ccc1OCC(CN)C(F)(F)F. The molecule has 2 N–H and O–H groups in total. The molecule has 96 valence electrons. The Morgan fingerprint density at radius 3 is 2.53 bits per heavy atom. The van der Waals surface area contributed by atoms with E-state index >= 15 is 0 Å². The standard InChI is InChI=1S/C11H13ClF3NO/c1-7-4-9(12)2-3-10(7)17-6-8(5-16)11(13,14)15/h2-4,8H,5-6,16H2,1H3. The number of aryl methyl sites for hydroxylation is 1. The van der Waals surface area contributed by atoms with Gasteiger partial charge in [-0.2, -0.15) is 13.2 Å². The summed E-state index contributed by atoms with van der Waals surface area (Å²) >= 11 is 5.72. The summed E-state index contributed by atoms with van der Waals surface area (Å²) in [5.74, 6) is -1.27. The van der Waals surface area contributed by atoms with Crippen LogP contribution in [-0.2, 0) is 0 Å². The van der Waals surface area contributed by atoms with E-state index in [1.807, 2.05) is 0 Å². The first-order valence-corrected chi connectivity index (χ1v) is 5.38. The maximum Gasteiger partial charge on any atom is 0.396 e. The molecule has 1 rings (SSSR count). The number of halogens is 4. The van der Waals surface area contributed by atoms with Crippen molar-refractivity contribution in [3.05, 3.63) is 28.8 Å². The van der Waals surface area contributed by atoms with Crippen molar-refractivity contribution >= 4 is 11.6 Å². The van der Waals surface area contributed by atoms with Crippen molar-refractivity contribution in [2.24, 2.45) is 11.7 Å². The Morgan fingerprint density at radius 1 is 1.41 bits per heavy atom. The topological polar surface area (TPSA) is 35.2 Å². The van der Waals surface area contributed by atoms with Crippen LogP contribution in [0.15, 0.2) is 18.2 Å². The van der Waals surface area contributed by atoms with Gasteiger partial charge in [0.05, 0.1) is 0 Å². The third-order valence-electron chi connectivity index (χ3n) is 2.32. The second kappa shape index (κ2) is 5.60. The van der Waals surface area contributed by atoms with Crippen LogP contribution >= 0.6 is 11.6 Å². The van der Waals surface area contributed by atoms with Crippen molar-refractivity contribution < 1.29 is 17.9 Å². The maximum atomic E-state index is 12.4. The number of hydrogen-bond donors (Lipinski definition) is 1. The number of hydrogen-bond acceptors (Lipinski definition) is 2. The van der Waals surface area contributed by atoms with E-state index in [0.717, 1.165) is 0 Å². The zero-order valence-corrected chi connectivity index (χ0v) is 9.98. The van der Waals surface area contributed by atoms with Gasteiger partial charge >= 0.3 is 6.18 Å². The highest BCUT2D eigenvalue weighted by atomic mass is 35.5. The van der Waals surface area contributed by atoms with E-state index in [2.05, 4.69) is 0 Å². The van der Waals surface area contributed by atoms with Gasteiger partial charge in [0, 0.05) is 11.6 Å². The van der Waals surface area contributed by atoms with E-state index in [1.165, 1.54) is 0 Å². The highest BCUT2D eigenvalue weighted by Gasteiger charge is 2.39. The molecule has 0 bridgehead atoms. The van der Waals surface area contributed by atoms with Crippen molar-refractivity contribution in [1.29, 1.82) is 0 Å². The second-order valence-corrected chi connectivity index (χ2v) is 4.13. The number of nitrogens with two attached hydrogens (primary N) is 1. The zero-order chi connectivity index (χ0) is 13.1. The molecule has 2 nitrogen and oxygen atoms in total. The molecule has 0 saturated heterocycles. The van der Waals surface area contributed by atoms with Gasteiger partial charge in [-0.3, -0.25) is 0 Å². The Labute approximate surface area is 103 Å². The second-order valence-electron chi connectivity index (χ2n) is 3.70. The average molecular weight is 268 g/mol.